The highest BCUT2D eigenvalue weighted by Gasteiger charge is 2.23. The van der Waals surface area contributed by atoms with Crippen molar-refractivity contribution < 1.29 is 13.2 Å². The van der Waals surface area contributed by atoms with Gasteiger partial charge in [-0.25, -0.2) is 8.42 Å². The fourth-order valence-electron chi connectivity index (χ4n) is 2.77. The molecule has 2 rings (SSSR count). The van der Waals surface area contributed by atoms with Crippen LogP contribution in [0.5, 0.6) is 0 Å². The zero-order chi connectivity index (χ0) is 17.7. The second-order valence-corrected chi connectivity index (χ2v) is 8.44. The van der Waals surface area contributed by atoms with E-state index in [1.54, 1.807) is 0 Å². The van der Waals surface area contributed by atoms with Crippen molar-refractivity contribution in [3.63, 3.8) is 0 Å². The molecule has 1 amide bonds. The van der Waals surface area contributed by atoms with Crippen LogP contribution >= 0.6 is 0 Å². The molecule has 0 aliphatic carbocycles. The van der Waals surface area contributed by atoms with Gasteiger partial charge in [0.05, 0.1) is 6.26 Å². The second-order valence-electron chi connectivity index (χ2n) is 6.46. The van der Waals surface area contributed by atoms with Gasteiger partial charge in [0, 0.05) is 45.7 Å². The van der Waals surface area contributed by atoms with Crippen LogP contribution in [0.1, 0.15) is 17.5 Å². The number of rotatable bonds is 6. The highest BCUT2D eigenvalue weighted by Crippen LogP contribution is 2.14. The number of piperazine rings is 1. The van der Waals surface area contributed by atoms with Gasteiger partial charge in [0.2, 0.25) is 15.9 Å². The minimum absolute atomic E-state index is 0.0292. The number of sulfonamides is 1. The van der Waals surface area contributed by atoms with Gasteiger partial charge < -0.3 is 9.80 Å². The average Bonchev–Trinajstić information content (AvgIpc) is 2.52. The molecule has 0 spiro atoms. The van der Waals surface area contributed by atoms with E-state index in [0.29, 0.717) is 19.6 Å². The van der Waals surface area contributed by atoms with E-state index >= 15 is 0 Å². The van der Waals surface area contributed by atoms with Crippen molar-refractivity contribution in [2.75, 3.05) is 46.0 Å². The summed E-state index contributed by atoms with van der Waals surface area (Å²) in [6, 6.07) is 7.72. The lowest BCUT2D eigenvalue weighted by atomic mass is 10.1. The molecule has 1 aromatic rings. The maximum Gasteiger partial charge on any atom is 0.223 e. The van der Waals surface area contributed by atoms with E-state index in [0.717, 1.165) is 24.2 Å². The maximum absolute atomic E-state index is 12.3. The Morgan fingerprint density at radius 1 is 1.17 bits per heavy atom. The maximum atomic E-state index is 12.3. The molecular formula is C17H27N3O3S. The molecule has 24 heavy (non-hydrogen) atoms. The number of hydrogen-bond donors (Lipinski definition) is 0. The molecule has 1 saturated heterocycles. The number of carbonyl (C=O) groups is 1. The first-order chi connectivity index (χ1) is 11.3. The summed E-state index contributed by atoms with van der Waals surface area (Å²) in [6.45, 7) is 5.65. The van der Waals surface area contributed by atoms with E-state index < -0.39 is 10.0 Å². The molecule has 0 saturated carbocycles. The monoisotopic (exact) mass is 353 g/mol. The lowest BCUT2D eigenvalue weighted by molar-refractivity contribution is -0.132. The molecular weight excluding hydrogens is 326 g/mol. The summed E-state index contributed by atoms with van der Waals surface area (Å²) in [7, 11) is -1.32. The largest absolute Gasteiger partial charge is 0.340 e. The Kier molecular flexibility index (Phi) is 6.37. The minimum atomic E-state index is -3.36. The lowest BCUT2D eigenvalue weighted by Crippen LogP contribution is -2.47. The number of hydrogen-bond acceptors (Lipinski definition) is 4. The first-order valence-corrected chi connectivity index (χ1v) is 10.1. The Labute approximate surface area is 145 Å². The summed E-state index contributed by atoms with van der Waals surface area (Å²) in [4.78, 5) is 16.4. The third kappa shape index (κ3) is 5.29. The molecule has 0 bridgehead atoms. The second kappa shape index (κ2) is 8.09. The summed E-state index contributed by atoms with van der Waals surface area (Å²) in [5, 5.41) is 0. The highest BCUT2D eigenvalue weighted by atomic mass is 32.2. The molecule has 1 heterocycles. The van der Waals surface area contributed by atoms with Crippen LogP contribution in [-0.2, 0) is 21.4 Å². The molecule has 1 fully saturated rings. The first-order valence-electron chi connectivity index (χ1n) is 8.23. The van der Waals surface area contributed by atoms with Crippen LogP contribution in [0.15, 0.2) is 24.3 Å². The Morgan fingerprint density at radius 3 is 2.38 bits per heavy atom. The number of aryl methyl sites for hydroxylation is 1. The summed E-state index contributed by atoms with van der Waals surface area (Å²) >= 11 is 0. The van der Waals surface area contributed by atoms with Crippen molar-refractivity contribution in [3.05, 3.63) is 35.4 Å². The van der Waals surface area contributed by atoms with E-state index in [-0.39, 0.29) is 18.9 Å². The first kappa shape index (κ1) is 18.9. The molecule has 1 aliphatic heterocycles. The quantitative estimate of drug-likeness (QED) is 0.763. The van der Waals surface area contributed by atoms with Crippen molar-refractivity contribution in [2.45, 2.75) is 19.9 Å². The molecule has 0 unspecified atom stereocenters. The molecule has 0 aromatic heterocycles. The molecule has 1 aliphatic rings. The molecule has 0 atom stereocenters. The van der Waals surface area contributed by atoms with Crippen LogP contribution in [0.3, 0.4) is 0 Å². The number of benzene rings is 1. The molecule has 0 N–H and O–H groups in total. The summed E-state index contributed by atoms with van der Waals surface area (Å²) in [5.41, 5.74) is 2.02. The van der Waals surface area contributed by atoms with Gasteiger partial charge in [-0.3, -0.25) is 4.79 Å². The smallest absolute Gasteiger partial charge is 0.223 e. The van der Waals surface area contributed by atoms with Crippen molar-refractivity contribution in [1.29, 1.82) is 0 Å². The van der Waals surface area contributed by atoms with Crippen LogP contribution in [0.25, 0.3) is 0 Å². The van der Waals surface area contributed by atoms with Gasteiger partial charge in [-0.1, -0.05) is 24.3 Å². The van der Waals surface area contributed by atoms with Crippen LogP contribution in [0.2, 0.25) is 0 Å². The Morgan fingerprint density at radius 2 is 1.79 bits per heavy atom. The van der Waals surface area contributed by atoms with Crippen molar-refractivity contribution in [1.82, 2.24) is 14.1 Å². The number of carbonyl (C=O) groups excluding carboxylic acids is 1. The van der Waals surface area contributed by atoms with E-state index in [9.17, 15) is 13.2 Å². The van der Waals surface area contributed by atoms with Gasteiger partial charge in [0.15, 0.2) is 0 Å². The Hall–Kier alpha value is -1.44. The zero-order valence-corrected chi connectivity index (χ0v) is 15.6. The van der Waals surface area contributed by atoms with Gasteiger partial charge in [-0.05, 0) is 25.1 Å². The van der Waals surface area contributed by atoms with E-state index in [4.69, 9.17) is 0 Å². The molecule has 6 nitrogen and oxygen atoms in total. The van der Waals surface area contributed by atoms with Gasteiger partial charge >= 0.3 is 0 Å². The zero-order valence-electron chi connectivity index (χ0n) is 14.7. The summed E-state index contributed by atoms with van der Waals surface area (Å²) < 4.78 is 25.5. The molecule has 134 valence electrons. The third-order valence-electron chi connectivity index (χ3n) is 4.51. The third-order valence-corrected chi connectivity index (χ3v) is 5.76. The fraction of sp³-hybridized carbons (Fsp3) is 0.588. The van der Waals surface area contributed by atoms with Crippen LogP contribution in [0, 0.1) is 6.92 Å². The minimum Gasteiger partial charge on any atom is -0.340 e. The number of likely N-dealkylation sites (N-methyl/N-ethyl adjacent to an activating group) is 1. The highest BCUT2D eigenvalue weighted by molar-refractivity contribution is 7.88. The van der Waals surface area contributed by atoms with Gasteiger partial charge in [0.25, 0.3) is 0 Å². The number of amides is 1. The predicted molar refractivity (Wildman–Crippen MR) is 95.1 cm³/mol. The predicted octanol–water partition coefficient (Wildman–Crippen LogP) is 0.921. The average molecular weight is 353 g/mol. The standard InChI is InChI=1S/C17H27N3O3S/c1-15-6-4-5-7-16(15)14-20(24(3,22)23)9-8-17(21)19-12-10-18(2)11-13-19/h4-7H,8-14H2,1-3H3. The summed E-state index contributed by atoms with van der Waals surface area (Å²) in [6.07, 6.45) is 1.42. The van der Waals surface area contributed by atoms with Crippen molar-refractivity contribution >= 4 is 15.9 Å². The van der Waals surface area contributed by atoms with Crippen molar-refractivity contribution in [2.24, 2.45) is 0 Å². The van der Waals surface area contributed by atoms with Gasteiger partial charge in [-0.15, -0.1) is 0 Å². The number of nitrogens with zero attached hydrogens (tertiary/aromatic N) is 3. The molecule has 0 radical (unpaired) electrons. The van der Waals surface area contributed by atoms with Gasteiger partial charge in [0.1, 0.15) is 0 Å². The lowest BCUT2D eigenvalue weighted by Gasteiger charge is -2.33. The normalized spacial score (nSPS) is 16.6. The fourth-order valence-corrected chi connectivity index (χ4v) is 3.57. The summed E-state index contributed by atoms with van der Waals surface area (Å²) in [5.74, 6) is 0.0292. The van der Waals surface area contributed by atoms with Crippen LogP contribution in [0.4, 0.5) is 0 Å². The van der Waals surface area contributed by atoms with Crippen LogP contribution in [-0.4, -0.2) is 74.5 Å². The van der Waals surface area contributed by atoms with E-state index in [1.165, 1.54) is 10.6 Å². The van der Waals surface area contributed by atoms with E-state index in [1.807, 2.05) is 43.1 Å². The Balaban J connectivity index is 1.97. The Bertz CT molecular complexity index is 667. The van der Waals surface area contributed by atoms with Gasteiger partial charge in [-0.2, -0.15) is 4.31 Å². The van der Waals surface area contributed by atoms with E-state index in [2.05, 4.69) is 4.90 Å². The molecule has 7 heteroatoms. The SMILES string of the molecule is Cc1ccccc1CN(CCC(=O)N1CCN(C)CC1)S(C)(=O)=O. The molecule has 1 aromatic carbocycles. The topological polar surface area (TPSA) is 60.9 Å². The van der Waals surface area contributed by atoms with Crippen molar-refractivity contribution in [3.8, 4) is 0 Å². The van der Waals surface area contributed by atoms with Crippen LogP contribution < -0.4 is 0 Å².